The molecule has 6 nitrogen and oxygen atoms in total. The summed E-state index contributed by atoms with van der Waals surface area (Å²) in [6, 6.07) is 10.0. The SMILES string of the molecule is CCC(OC(=O)c1cc2c(s1)CCCC2)C(=O)Nc1sc2c(c1C(=O)OC)CCc1ccccc1-2. The van der Waals surface area contributed by atoms with Gasteiger partial charge in [-0.2, -0.15) is 0 Å². The number of thiophene rings is 2. The number of ether oxygens (including phenoxy) is 2. The largest absolute Gasteiger partial charge is 0.465 e. The standard InChI is InChI=1S/C27H27NO5S2/c1-3-19(33-26(30)21-14-16-9-5-7-11-20(16)34-21)24(29)28-25-22(27(31)32-2)18-13-12-15-8-4-6-10-17(15)23(18)35-25/h4,6,8,10,14,19H,3,5,7,9,11-13H2,1-2H3,(H,28,29). The predicted octanol–water partition coefficient (Wildman–Crippen LogP) is 5.81. The van der Waals surface area contributed by atoms with Crippen molar-refractivity contribution in [3.63, 3.8) is 0 Å². The Morgan fingerprint density at radius 1 is 1.00 bits per heavy atom. The molecule has 1 atom stereocenters. The van der Waals surface area contributed by atoms with Crippen LogP contribution in [0.5, 0.6) is 0 Å². The van der Waals surface area contributed by atoms with Crippen LogP contribution in [-0.2, 0) is 40.0 Å². The van der Waals surface area contributed by atoms with Crippen molar-refractivity contribution in [1.82, 2.24) is 0 Å². The Balaban J connectivity index is 1.38. The van der Waals surface area contributed by atoms with E-state index in [1.165, 1.54) is 45.8 Å². The molecule has 182 valence electrons. The van der Waals surface area contributed by atoms with Crippen LogP contribution in [0.2, 0.25) is 0 Å². The summed E-state index contributed by atoms with van der Waals surface area (Å²) in [7, 11) is 1.34. The number of hydrogen-bond donors (Lipinski definition) is 1. The Bertz CT molecular complexity index is 1280. The maximum absolute atomic E-state index is 13.2. The van der Waals surface area contributed by atoms with Crippen LogP contribution < -0.4 is 5.32 Å². The second-order valence-electron chi connectivity index (χ2n) is 8.82. The van der Waals surface area contributed by atoms with Gasteiger partial charge in [0.1, 0.15) is 9.88 Å². The van der Waals surface area contributed by atoms with Crippen LogP contribution in [0.3, 0.4) is 0 Å². The Morgan fingerprint density at radius 3 is 2.57 bits per heavy atom. The van der Waals surface area contributed by atoms with Crippen molar-refractivity contribution in [1.29, 1.82) is 0 Å². The number of anilines is 1. The average Bonchev–Trinajstić information content (AvgIpc) is 3.48. The molecule has 2 aliphatic rings. The summed E-state index contributed by atoms with van der Waals surface area (Å²) < 4.78 is 10.7. The highest BCUT2D eigenvalue weighted by molar-refractivity contribution is 7.20. The normalized spacial score (nSPS) is 14.8. The van der Waals surface area contributed by atoms with Gasteiger partial charge in [-0.15, -0.1) is 22.7 Å². The van der Waals surface area contributed by atoms with Crippen molar-refractivity contribution < 1.29 is 23.9 Å². The average molecular weight is 510 g/mol. The minimum atomic E-state index is -0.960. The van der Waals surface area contributed by atoms with Gasteiger partial charge in [0.25, 0.3) is 5.91 Å². The van der Waals surface area contributed by atoms with Crippen LogP contribution in [0.25, 0.3) is 10.4 Å². The second-order valence-corrected chi connectivity index (χ2v) is 11.0. The maximum atomic E-state index is 13.2. The number of methoxy groups -OCH3 is 1. The van der Waals surface area contributed by atoms with E-state index in [1.807, 2.05) is 24.3 Å². The lowest BCUT2D eigenvalue weighted by molar-refractivity contribution is -0.124. The molecule has 8 heteroatoms. The zero-order valence-electron chi connectivity index (χ0n) is 19.8. The van der Waals surface area contributed by atoms with Crippen LogP contribution in [0, 0.1) is 0 Å². The third-order valence-electron chi connectivity index (χ3n) is 6.65. The topological polar surface area (TPSA) is 81.7 Å². The summed E-state index contributed by atoms with van der Waals surface area (Å²) >= 11 is 2.83. The molecule has 0 spiro atoms. The number of rotatable bonds is 6. The number of carbonyl (C=O) groups is 3. The van der Waals surface area contributed by atoms with Crippen molar-refractivity contribution in [2.45, 2.75) is 58.0 Å². The van der Waals surface area contributed by atoms with Gasteiger partial charge in [-0.3, -0.25) is 4.79 Å². The number of fused-ring (bicyclic) bond motifs is 4. The van der Waals surface area contributed by atoms with E-state index in [-0.39, 0.29) is 0 Å². The molecule has 0 saturated carbocycles. The van der Waals surface area contributed by atoms with Gasteiger partial charge in [-0.1, -0.05) is 31.2 Å². The molecule has 5 rings (SSSR count). The molecule has 2 aromatic heterocycles. The second kappa shape index (κ2) is 9.95. The summed E-state index contributed by atoms with van der Waals surface area (Å²) in [6.07, 6.45) is 5.13. The molecule has 0 saturated heterocycles. The summed E-state index contributed by atoms with van der Waals surface area (Å²) in [5.74, 6) is -1.40. The molecular formula is C27H27NO5S2. The zero-order chi connectivity index (χ0) is 24.5. The Kier molecular flexibility index (Phi) is 6.75. The molecule has 2 heterocycles. The van der Waals surface area contributed by atoms with Gasteiger partial charge in [0.2, 0.25) is 0 Å². The molecule has 35 heavy (non-hydrogen) atoms. The maximum Gasteiger partial charge on any atom is 0.349 e. The smallest absolute Gasteiger partial charge is 0.349 e. The van der Waals surface area contributed by atoms with Gasteiger partial charge in [0.05, 0.1) is 12.7 Å². The van der Waals surface area contributed by atoms with Crippen LogP contribution in [-0.4, -0.2) is 31.1 Å². The van der Waals surface area contributed by atoms with E-state index in [2.05, 4.69) is 11.4 Å². The lowest BCUT2D eigenvalue weighted by atomic mass is 9.89. The van der Waals surface area contributed by atoms with Crippen molar-refractivity contribution in [2.75, 3.05) is 12.4 Å². The quantitative estimate of drug-likeness (QED) is 0.424. The molecular weight excluding hydrogens is 482 g/mol. The monoisotopic (exact) mass is 509 g/mol. The minimum absolute atomic E-state index is 0.324. The van der Waals surface area contributed by atoms with E-state index in [4.69, 9.17) is 9.47 Å². The van der Waals surface area contributed by atoms with Gasteiger partial charge in [-0.05, 0) is 73.3 Å². The van der Waals surface area contributed by atoms with E-state index >= 15 is 0 Å². The molecule has 1 aromatic carbocycles. The van der Waals surface area contributed by atoms with Gasteiger partial charge in [0, 0.05) is 9.75 Å². The van der Waals surface area contributed by atoms with Crippen molar-refractivity contribution in [3.8, 4) is 10.4 Å². The Hall–Kier alpha value is -2.97. The molecule has 0 fully saturated rings. The molecule has 0 aliphatic heterocycles. The van der Waals surface area contributed by atoms with Gasteiger partial charge < -0.3 is 14.8 Å². The summed E-state index contributed by atoms with van der Waals surface area (Å²) in [5.41, 5.74) is 4.80. The van der Waals surface area contributed by atoms with E-state index in [1.54, 1.807) is 6.92 Å². The number of esters is 2. The van der Waals surface area contributed by atoms with Crippen molar-refractivity contribution in [2.24, 2.45) is 0 Å². The highest BCUT2D eigenvalue weighted by atomic mass is 32.1. The summed E-state index contributed by atoms with van der Waals surface area (Å²) in [5, 5.41) is 3.31. The van der Waals surface area contributed by atoms with Gasteiger partial charge in [0.15, 0.2) is 6.10 Å². The van der Waals surface area contributed by atoms with Crippen LogP contribution in [0.15, 0.2) is 30.3 Å². The van der Waals surface area contributed by atoms with Crippen molar-refractivity contribution in [3.05, 3.63) is 62.3 Å². The van der Waals surface area contributed by atoms with Gasteiger partial charge >= 0.3 is 11.9 Å². The summed E-state index contributed by atoms with van der Waals surface area (Å²) in [6.45, 7) is 1.80. The molecule has 3 aromatic rings. The number of carbonyl (C=O) groups excluding carboxylic acids is 3. The Labute approximate surface area is 212 Å². The third kappa shape index (κ3) is 4.52. The van der Waals surface area contributed by atoms with Crippen molar-refractivity contribution >= 4 is 45.5 Å². The van der Waals surface area contributed by atoms with Crippen LogP contribution in [0.1, 0.15) is 67.8 Å². The fourth-order valence-corrected chi connectivity index (χ4v) is 7.28. The van der Waals surface area contributed by atoms with Crippen LogP contribution >= 0.6 is 22.7 Å². The first-order valence-corrected chi connectivity index (χ1v) is 13.6. The fourth-order valence-electron chi connectivity index (χ4n) is 4.84. The van der Waals surface area contributed by atoms with E-state index in [0.717, 1.165) is 48.1 Å². The number of benzene rings is 1. The van der Waals surface area contributed by atoms with Gasteiger partial charge in [-0.25, -0.2) is 9.59 Å². The molecule has 1 amide bonds. The molecule has 0 radical (unpaired) electrons. The lowest BCUT2D eigenvalue weighted by Gasteiger charge is -2.17. The Morgan fingerprint density at radius 2 is 1.80 bits per heavy atom. The number of aryl methyl sites for hydroxylation is 3. The number of amides is 1. The molecule has 2 aliphatic carbocycles. The molecule has 1 N–H and O–H groups in total. The lowest BCUT2D eigenvalue weighted by Crippen LogP contribution is -2.32. The first-order chi connectivity index (χ1) is 17.0. The minimum Gasteiger partial charge on any atom is -0.465 e. The zero-order valence-corrected chi connectivity index (χ0v) is 21.4. The fraction of sp³-hybridized carbons (Fsp3) is 0.370. The van der Waals surface area contributed by atoms with E-state index in [9.17, 15) is 14.4 Å². The predicted molar refractivity (Wildman–Crippen MR) is 138 cm³/mol. The first-order valence-electron chi connectivity index (χ1n) is 12.0. The highest BCUT2D eigenvalue weighted by Crippen LogP contribution is 2.45. The number of nitrogens with one attached hydrogen (secondary N) is 1. The first kappa shape index (κ1) is 23.8. The van der Waals surface area contributed by atoms with Crippen LogP contribution in [0.4, 0.5) is 5.00 Å². The molecule has 1 unspecified atom stereocenters. The highest BCUT2D eigenvalue weighted by Gasteiger charge is 2.31. The third-order valence-corrected chi connectivity index (χ3v) is 9.05. The number of hydrogen-bond acceptors (Lipinski definition) is 7. The van der Waals surface area contributed by atoms with E-state index < -0.39 is 23.9 Å². The summed E-state index contributed by atoms with van der Waals surface area (Å²) in [4.78, 5) is 41.5. The molecule has 0 bridgehead atoms. The van der Waals surface area contributed by atoms with E-state index in [0.29, 0.717) is 28.3 Å².